The van der Waals surface area contributed by atoms with Crippen molar-refractivity contribution in [2.24, 2.45) is 0 Å². The van der Waals surface area contributed by atoms with Crippen LogP contribution in [0.25, 0.3) is 22.5 Å². The highest BCUT2D eigenvalue weighted by Gasteiger charge is 2.29. The molecule has 0 unspecified atom stereocenters. The van der Waals surface area contributed by atoms with Crippen LogP contribution in [0.5, 0.6) is 0 Å². The maximum atomic E-state index is 12.1. The van der Waals surface area contributed by atoms with Crippen molar-refractivity contribution >= 4 is 17.5 Å². The van der Waals surface area contributed by atoms with Gasteiger partial charge in [0.25, 0.3) is 0 Å². The minimum absolute atomic E-state index is 0.00781. The lowest BCUT2D eigenvalue weighted by Crippen LogP contribution is -2.38. The van der Waals surface area contributed by atoms with Crippen LogP contribution in [0.3, 0.4) is 0 Å². The van der Waals surface area contributed by atoms with Gasteiger partial charge in [-0.2, -0.15) is 5.10 Å². The lowest BCUT2D eigenvalue weighted by molar-refractivity contribution is -0.132. The van der Waals surface area contributed by atoms with E-state index in [4.69, 9.17) is 16.7 Å². The first kappa shape index (κ1) is 19.5. The summed E-state index contributed by atoms with van der Waals surface area (Å²) in [5, 5.41) is 17.5. The Morgan fingerprint density at radius 2 is 1.97 bits per heavy atom. The topological polar surface area (TPSA) is 95.0 Å². The van der Waals surface area contributed by atoms with Gasteiger partial charge in [-0.3, -0.25) is 9.89 Å². The summed E-state index contributed by atoms with van der Waals surface area (Å²) in [6.45, 7) is 1.23. The molecule has 150 valence electrons. The maximum absolute atomic E-state index is 12.1. The quantitative estimate of drug-likeness (QED) is 0.671. The predicted octanol–water partition coefficient (Wildman–Crippen LogP) is 3.28. The average Bonchev–Trinajstić information content (AvgIpc) is 3.20. The van der Waals surface area contributed by atoms with Crippen LogP contribution in [0.4, 0.5) is 0 Å². The molecule has 7 nitrogen and oxygen atoms in total. The molecule has 0 bridgehead atoms. The molecule has 29 heavy (non-hydrogen) atoms. The second kappa shape index (κ2) is 8.71. The van der Waals surface area contributed by atoms with Crippen molar-refractivity contribution < 1.29 is 9.90 Å². The number of halogens is 1. The minimum atomic E-state index is -0.110. The van der Waals surface area contributed by atoms with E-state index >= 15 is 0 Å². The summed E-state index contributed by atoms with van der Waals surface area (Å²) in [5.41, 5.74) is 4.60. The third kappa shape index (κ3) is 4.16. The first-order valence-electron chi connectivity index (χ1n) is 9.66. The fourth-order valence-electron chi connectivity index (χ4n) is 3.84. The summed E-state index contributed by atoms with van der Waals surface area (Å²) in [6, 6.07) is 9.47. The van der Waals surface area contributed by atoms with Crippen LogP contribution in [0.15, 0.2) is 42.9 Å². The zero-order chi connectivity index (χ0) is 20.2. The van der Waals surface area contributed by atoms with E-state index in [1.807, 2.05) is 35.2 Å². The third-order valence-electron chi connectivity index (χ3n) is 5.33. The Kier molecular flexibility index (Phi) is 5.87. The highest BCUT2D eigenvalue weighted by atomic mass is 35.5. The van der Waals surface area contributed by atoms with Crippen molar-refractivity contribution in [3.63, 3.8) is 0 Å². The summed E-state index contributed by atoms with van der Waals surface area (Å²) in [7, 11) is 0. The summed E-state index contributed by atoms with van der Waals surface area (Å²) in [4.78, 5) is 22.4. The number of carbonyl (C=O) groups is 1. The normalized spacial score (nSPS) is 14.9. The van der Waals surface area contributed by atoms with Crippen molar-refractivity contribution in [1.29, 1.82) is 0 Å². The second-order valence-corrected chi connectivity index (χ2v) is 7.53. The monoisotopic (exact) mass is 411 g/mol. The molecule has 0 radical (unpaired) electrons. The van der Waals surface area contributed by atoms with Gasteiger partial charge < -0.3 is 10.0 Å². The van der Waals surface area contributed by atoms with E-state index in [1.165, 1.54) is 6.33 Å². The van der Waals surface area contributed by atoms with E-state index in [0.717, 1.165) is 41.1 Å². The third-order valence-corrected chi connectivity index (χ3v) is 5.58. The largest absolute Gasteiger partial charge is 0.396 e. The summed E-state index contributed by atoms with van der Waals surface area (Å²) >= 11 is 6.05. The number of likely N-dealkylation sites (tertiary alicyclic amines) is 1. The summed E-state index contributed by atoms with van der Waals surface area (Å²) in [5.74, 6) is 0.250. The summed E-state index contributed by atoms with van der Waals surface area (Å²) < 4.78 is 0. The van der Waals surface area contributed by atoms with Gasteiger partial charge in [-0.1, -0.05) is 23.7 Å². The molecular weight excluding hydrogens is 390 g/mol. The smallest absolute Gasteiger partial charge is 0.224 e. The second-order valence-electron chi connectivity index (χ2n) is 7.09. The molecule has 0 spiro atoms. The lowest BCUT2D eigenvalue weighted by Gasteiger charge is -2.32. The van der Waals surface area contributed by atoms with E-state index in [2.05, 4.69) is 20.2 Å². The molecule has 1 aliphatic heterocycles. The van der Waals surface area contributed by atoms with Crippen LogP contribution < -0.4 is 0 Å². The molecule has 1 saturated heterocycles. The molecule has 4 rings (SSSR count). The lowest BCUT2D eigenvalue weighted by atomic mass is 9.88. The zero-order valence-corrected chi connectivity index (χ0v) is 16.6. The molecule has 1 aliphatic rings. The van der Waals surface area contributed by atoms with Crippen molar-refractivity contribution in [3.8, 4) is 22.5 Å². The minimum Gasteiger partial charge on any atom is -0.396 e. The number of H-pyrrole nitrogens is 1. The van der Waals surface area contributed by atoms with Gasteiger partial charge in [0.1, 0.15) is 12.0 Å². The standard InChI is InChI=1S/C21H22ClN5O2/c22-16-3-1-14(2-4-16)20-19(17-5-9-23-13-24-17)21(26-25-20)15-6-10-27(11-7-15)18(29)8-12-28/h1-5,9,13,15,28H,6-8,10-12H2,(H,25,26). The fourth-order valence-corrected chi connectivity index (χ4v) is 3.96. The maximum Gasteiger partial charge on any atom is 0.224 e. The number of nitrogens with zero attached hydrogens (tertiary/aromatic N) is 4. The number of aromatic amines is 1. The number of hydrogen-bond acceptors (Lipinski definition) is 5. The molecule has 0 aliphatic carbocycles. The number of carbonyl (C=O) groups excluding carboxylic acids is 1. The van der Waals surface area contributed by atoms with E-state index in [9.17, 15) is 4.79 Å². The van der Waals surface area contributed by atoms with Crippen LogP contribution in [0.1, 0.15) is 30.9 Å². The van der Waals surface area contributed by atoms with Crippen molar-refractivity contribution in [3.05, 3.63) is 53.6 Å². The van der Waals surface area contributed by atoms with E-state index < -0.39 is 0 Å². The molecule has 1 amide bonds. The van der Waals surface area contributed by atoms with E-state index in [-0.39, 0.29) is 24.9 Å². The molecule has 2 aromatic heterocycles. The molecular formula is C21H22ClN5O2. The van der Waals surface area contributed by atoms with Gasteiger partial charge in [-0.15, -0.1) is 0 Å². The number of piperidine rings is 1. The van der Waals surface area contributed by atoms with Crippen molar-refractivity contribution in [2.75, 3.05) is 19.7 Å². The number of benzene rings is 1. The Bertz CT molecular complexity index is 966. The van der Waals surface area contributed by atoms with Crippen molar-refractivity contribution in [1.82, 2.24) is 25.1 Å². The van der Waals surface area contributed by atoms with Gasteiger partial charge in [0.15, 0.2) is 0 Å². The Hall–Kier alpha value is -2.77. The molecule has 3 aromatic rings. The molecule has 8 heteroatoms. The number of hydrogen-bond donors (Lipinski definition) is 2. The van der Waals surface area contributed by atoms with Crippen molar-refractivity contribution in [2.45, 2.75) is 25.2 Å². The van der Waals surface area contributed by atoms with Gasteiger partial charge in [0.2, 0.25) is 5.91 Å². The Morgan fingerprint density at radius 1 is 1.21 bits per heavy atom. The van der Waals surface area contributed by atoms with Crippen LogP contribution >= 0.6 is 11.6 Å². The first-order valence-corrected chi connectivity index (χ1v) is 10.0. The fraction of sp³-hybridized carbons (Fsp3) is 0.333. The molecule has 2 N–H and O–H groups in total. The number of rotatable bonds is 5. The van der Waals surface area contributed by atoms with Crippen LogP contribution in [-0.2, 0) is 4.79 Å². The molecule has 3 heterocycles. The van der Waals surface area contributed by atoms with Gasteiger partial charge >= 0.3 is 0 Å². The molecule has 1 fully saturated rings. The average molecular weight is 412 g/mol. The summed E-state index contributed by atoms with van der Waals surface area (Å²) in [6.07, 6.45) is 5.10. The highest BCUT2D eigenvalue weighted by molar-refractivity contribution is 6.30. The van der Waals surface area contributed by atoms with E-state index in [0.29, 0.717) is 18.1 Å². The Labute approximate surface area is 173 Å². The highest BCUT2D eigenvalue weighted by Crippen LogP contribution is 2.39. The molecule has 1 aromatic carbocycles. The SMILES string of the molecule is O=C(CCO)N1CCC(c2[nH]nc(-c3ccc(Cl)cc3)c2-c2ccncn2)CC1. The van der Waals surface area contributed by atoms with Crippen LogP contribution in [-0.4, -0.2) is 55.8 Å². The Morgan fingerprint density at radius 3 is 2.62 bits per heavy atom. The number of nitrogens with one attached hydrogen (secondary N) is 1. The number of aliphatic hydroxyl groups is 1. The van der Waals surface area contributed by atoms with E-state index in [1.54, 1.807) is 6.20 Å². The number of amides is 1. The first-order chi connectivity index (χ1) is 14.2. The van der Waals surface area contributed by atoms with Crippen LogP contribution in [0, 0.1) is 0 Å². The number of aromatic nitrogens is 4. The van der Waals surface area contributed by atoms with Crippen LogP contribution in [0.2, 0.25) is 5.02 Å². The predicted molar refractivity (Wildman–Crippen MR) is 110 cm³/mol. The number of aliphatic hydroxyl groups excluding tert-OH is 1. The molecule has 0 saturated carbocycles. The van der Waals surface area contributed by atoms with Gasteiger partial charge in [0.05, 0.1) is 12.3 Å². The van der Waals surface area contributed by atoms with Gasteiger partial charge in [-0.25, -0.2) is 9.97 Å². The molecule has 0 atom stereocenters. The van der Waals surface area contributed by atoms with Gasteiger partial charge in [0, 0.05) is 53.5 Å². The van der Waals surface area contributed by atoms with Gasteiger partial charge in [-0.05, 0) is 31.0 Å². The zero-order valence-electron chi connectivity index (χ0n) is 15.9. The Balaban J connectivity index is 1.66.